The van der Waals surface area contributed by atoms with Gasteiger partial charge in [-0.05, 0) is 6.07 Å². The molecule has 1 aliphatic rings. The van der Waals surface area contributed by atoms with Gasteiger partial charge in [0.15, 0.2) is 0 Å². The molecule has 1 aromatic heterocycles. The predicted molar refractivity (Wildman–Crippen MR) is 48.7 cm³/mol. The van der Waals surface area contributed by atoms with Gasteiger partial charge in [0.2, 0.25) is 0 Å². The van der Waals surface area contributed by atoms with E-state index in [1.165, 1.54) is 0 Å². The first-order chi connectivity index (χ1) is 6.31. The first-order valence-corrected chi connectivity index (χ1v) is 4.69. The molecule has 0 radical (unpaired) electrons. The van der Waals surface area contributed by atoms with Crippen LogP contribution in [-0.4, -0.2) is 40.0 Å². The molecule has 1 aromatic rings. The highest BCUT2D eigenvalue weighted by atomic mass is 35.5. The first kappa shape index (κ1) is 8.56. The fourth-order valence-electron chi connectivity index (χ4n) is 1.38. The molecule has 1 aliphatic heterocycles. The summed E-state index contributed by atoms with van der Waals surface area (Å²) < 4.78 is 0. The van der Waals surface area contributed by atoms with E-state index in [-0.39, 0.29) is 5.91 Å². The molecule has 1 N–H and O–H groups in total. The van der Waals surface area contributed by atoms with Crippen LogP contribution >= 0.6 is 11.6 Å². The van der Waals surface area contributed by atoms with Crippen molar-refractivity contribution in [3.05, 3.63) is 18.0 Å². The summed E-state index contributed by atoms with van der Waals surface area (Å²) in [4.78, 5) is 13.3. The standard InChI is InChI=1S/C8H10ClN3O/c9-3-6-4-12(5-6)8(13)7-1-2-10-11-7/h1-2,6H,3-5H2,(H,10,11). The van der Waals surface area contributed by atoms with E-state index in [4.69, 9.17) is 11.6 Å². The van der Waals surface area contributed by atoms with Gasteiger partial charge in [-0.1, -0.05) is 0 Å². The molecule has 0 aliphatic carbocycles. The third-order valence-electron chi connectivity index (χ3n) is 2.19. The van der Waals surface area contributed by atoms with Gasteiger partial charge in [-0.2, -0.15) is 5.10 Å². The average Bonchev–Trinajstić information content (AvgIpc) is 2.53. The fourth-order valence-corrected chi connectivity index (χ4v) is 1.57. The number of likely N-dealkylation sites (tertiary alicyclic amines) is 1. The summed E-state index contributed by atoms with van der Waals surface area (Å²) >= 11 is 5.64. The molecule has 2 heterocycles. The number of carbonyl (C=O) groups is 1. The monoisotopic (exact) mass is 199 g/mol. The van der Waals surface area contributed by atoms with Crippen LogP contribution in [0.3, 0.4) is 0 Å². The lowest BCUT2D eigenvalue weighted by molar-refractivity contribution is 0.0529. The van der Waals surface area contributed by atoms with E-state index in [2.05, 4.69) is 10.2 Å². The quantitative estimate of drug-likeness (QED) is 0.714. The molecule has 70 valence electrons. The Morgan fingerprint density at radius 3 is 3.08 bits per heavy atom. The van der Waals surface area contributed by atoms with Gasteiger partial charge in [0.25, 0.3) is 5.91 Å². The lowest BCUT2D eigenvalue weighted by atomic mass is 10.0. The minimum atomic E-state index is 0.0128. The Kier molecular flexibility index (Phi) is 2.22. The van der Waals surface area contributed by atoms with E-state index in [1.807, 2.05) is 0 Å². The van der Waals surface area contributed by atoms with E-state index in [9.17, 15) is 4.79 Å². The molecule has 2 rings (SSSR count). The first-order valence-electron chi connectivity index (χ1n) is 4.16. The van der Waals surface area contributed by atoms with Gasteiger partial charge in [-0.15, -0.1) is 11.6 Å². The van der Waals surface area contributed by atoms with Crippen molar-refractivity contribution in [1.29, 1.82) is 0 Å². The molecule has 1 amide bonds. The Morgan fingerprint density at radius 2 is 2.54 bits per heavy atom. The number of hydrogen-bond donors (Lipinski definition) is 1. The normalized spacial score (nSPS) is 17.2. The Hall–Kier alpha value is -1.03. The topological polar surface area (TPSA) is 49.0 Å². The molecule has 0 saturated carbocycles. The predicted octanol–water partition coefficient (Wildman–Crippen LogP) is 0.720. The number of halogens is 1. The summed E-state index contributed by atoms with van der Waals surface area (Å²) in [6, 6.07) is 1.68. The average molecular weight is 200 g/mol. The van der Waals surface area contributed by atoms with Crippen molar-refractivity contribution in [2.75, 3.05) is 19.0 Å². The van der Waals surface area contributed by atoms with Crippen LogP contribution in [-0.2, 0) is 0 Å². The Morgan fingerprint density at radius 1 is 1.77 bits per heavy atom. The number of H-pyrrole nitrogens is 1. The minimum Gasteiger partial charge on any atom is -0.337 e. The molecule has 4 nitrogen and oxygen atoms in total. The maximum Gasteiger partial charge on any atom is 0.271 e. The number of aromatic amines is 1. The molecule has 0 atom stereocenters. The number of carbonyl (C=O) groups excluding carboxylic acids is 1. The number of amides is 1. The van der Waals surface area contributed by atoms with Crippen molar-refractivity contribution >= 4 is 17.5 Å². The Labute approximate surface area is 80.9 Å². The highest BCUT2D eigenvalue weighted by molar-refractivity contribution is 6.18. The summed E-state index contributed by atoms with van der Waals surface area (Å²) in [6.07, 6.45) is 1.58. The highest BCUT2D eigenvalue weighted by Crippen LogP contribution is 2.18. The van der Waals surface area contributed by atoms with Crippen LogP contribution in [0.25, 0.3) is 0 Å². The summed E-state index contributed by atoms with van der Waals surface area (Å²) in [7, 11) is 0. The van der Waals surface area contributed by atoms with Crippen LogP contribution in [0, 0.1) is 5.92 Å². The van der Waals surface area contributed by atoms with Crippen LogP contribution in [0.2, 0.25) is 0 Å². The summed E-state index contributed by atoms with van der Waals surface area (Å²) in [5.41, 5.74) is 0.549. The smallest absolute Gasteiger partial charge is 0.271 e. The van der Waals surface area contributed by atoms with Crippen LogP contribution in [0.5, 0.6) is 0 Å². The summed E-state index contributed by atoms with van der Waals surface area (Å²) in [6.45, 7) is 1.53. The summed E-state index contributed by atoms with van der Waals surface area (Å²) in [5, 5.41) is 6.37. The van der Waals surface area contributed by atoms with E-state index in [0.717, 1.165) is 13.1 Å². The number of rotatable bonds is 2. The number of nitrogens with one attached hydrogen (secondary N) is 1. The van der Waals surface area contributed by atoms with Gasteiger partial charge in [-0.3, -0.25) is 9.89 Å². The molecule has 13 heavy (non-hydrogen) atoms. The molecular weight excluding hydrogens is 190 g/mol. The molecular formula is C8H10ClN3O. The van der Waals surface area contributed by atoms with Crippen LogP contribution in [0.4, 0.5) is 0 Å². The van der Waals surface area contributed by atoms with Gasteiger partial charge < -0.3 is 4.90 Å². The second-order valence-corrected chi connectivity index (χ2v) is 3.51. The van der Waals surface area contributed by atoms with Gasteiger partial charge in [0.1, 0.15) is 5.69 Å². The van der Waals surface area contributed by atoms with Crippen molar-refractivity contribution in [2.45, 2.75) is 0 Å². The largest absolute Gasteiger partial charge is 0.337 e. The lowest BCUT2D eigenvalue weighted by Gasteiger charge is -2.37. The van der Waals surface area contributed by atoms with Crippen LogP contribution < -0.4 is 0 Å². The SMILES string of the molecule is O=C(c1ccn[nH]1)N1CC(CCl)C1. The summed E-state index contributed by atoms with van der Waals surface area (Å²) in [5.74, 6) is 1.11. The van der Waals surface area contributed by atoms with Gasteiger partial charge in [-0.25, -0.2) is 0 Å². The van der Waals surface area contributed by atoms with E-state index in [0.29, 0.717) is 17.5 Å². The zero-order valence-electron chi connectivity index (χ0n) is 7.03. The molecule has 0 bridgehead atoms. The Balaban J connectivity index is 1.94. The lowest BCUT2D eigenvalue weighted by Crippen LogP contribution is -2.50. The Bertz CT molecular complexity index is 292. The third-order valence-corrected chi connectivity index (χ3v) is 2.63. The number of nitrogens with zero attached hydrogens (tertiary/aromatic N) is 2. The molecule has 0 unspecified atom stereocenters. The van der Waals surface area contributed by atoms with Gasteiger partial charge in [0, 0.05) is 31.1 Å². The molecule has 0 spiro atoms. The third kappa shape index (κ3) is 1.54. The zero-order chi connectivity index (χ0) is 9.26. The second-order valence-electron chi connectivity index (χ2n) is 3.20. The second kappa shape index (κ2) is 3.38. The van der Waals surface area contributed by atoms with Crippen LogP contribution in [0.1, 0.15) is 10.5 Å². The van der Waals surface area contributed by atoms with Gasteiger partial charge >= 0.3 is 0 Å². The zero-order valence-corrected chi connectivity index (χ0v) is 7.79. The van der Waals surface area contributed by atoms with E-state index >= 15 is 0 Å². The molecule has 1 fully saturated rings. The van der Waals surface area contributed by atoms with Crippen molar-refractivity contribution in [3.8, 4) is 0 Å². The van der Waals surface area contributed by atoms with Crippen molar-refractivity contribution < 1.29 is 4.79 Å². The number of aromatic nitrogens is 2. The molecule has 0 aromatic carbocycles. The number of hydrogen-bond acceptors (Lipinski definition) is 2. The maximum absolute atomic E-state index is 11.6. The maximum atomic E-state index is 11.6. The fraction of sp³-hybridized carbons (Fsp3) is 0.500. The van der Waals surface area contributed by atoms with Crippen LogP contribution in [0.15, 0.2) is 12.3 Å². The highest BCUT2D eigenvalue weighted by Gasteiger charge is 2.30. The van der Waals surface area contributed by atoms with E-state index in [1.54, 1.807) is 17.2 Å². The molecule has 5 heteroatoms. The van der Waals surface area contributed by atoms with Crippen molar-refractivity contribution in [2.24, 2.45) is 5.92 Å². The van der Waals surface area contributed by atoms with Gasteiger partial charge in [0.05, 0.1) is 0 Å². The van der Waals surface area contributed by atoms with E-state index < -0.39 is 0 Å². The van der Waals surface area contributed by atoms with Crippen molar-refractivity contribution in [1.82, 2.24) is 15.1 Å². The minimum absolute atomic E-state index is 0.0128. The number of alkyl halides is 1. The molecule has 1 saturated heterocycles. The van der Waals surface area contributed by atoms with Crippen molar-refractivity contribution in [3.63, 3.8) is 0 Å².